The average Bonchev–Trinajstić information content (AvgIpc) is 3.29. The third-order valence-corrected chi connectivity index (χ3v) is 5.59. The van der Waals surface area contributed by atoms with Gasteiger partial charge in [-0.1, -0.05) is 47.6 Å². The topological polar surface area (TPSA) is 84.7 Å². The summed E-state index contributed by atoms with van der Waals surface area (Å²) in [7, 11) is 0. The molecule has 1 N–H and O–H groups in total. The highest BCUT2D eigenvalue weighted by molar-refractivity contribution is 5.94. The first-order valence-electron chi connectivity index (χ1n) is 10.8. The predicted octanol–water partition coefficient (Wildman–Crippen LogP) is 3.85. The van der Waals surface area contributed by atoms with Gasteiger partial charge in [0.25, 0.3) is 5.91 Å². The second kappa shape index (κ2) is 10.2. The van der Waals surface area contributed by atoms with Gasteiger partial charge in [-0.05, 0) is 37.5 Å². The second-order valence-electron chi connectivity index (χ2n) is 8.06. The number of rotatable bonds is 8. The number of hydrogen-bond donors (Lipinski definition) is 1. The molecule has 0 spiro atoms. The minimum absolute atomic E-state index is 0.0278. The summed E-state index contributed by atoms with van der Waals surface area (Å²) in [5.74, 6) is 0.739. The highest BCUT2D eigenvalue weighted by atomic mass is 16.5. The molecule has 2 aromatic carbocycles. The van der Waals surface area contributed by atoms with Crippen molar-refractivity contribution in [1.29, 1.82) is 0 Å². The van der Waals surface area contributed by atoms with Crippen LogP contribution in [0.4, 0.5) is 0 Å². The van der Waals surface area contributed by atoms with Gasteiger partial charge < -0.3 is 14.6 Å². The van der Waals surface area contributed by atoms with E-state index in [1.165, 1.54) is 12.5 Å². The Morgan fingerprint density at radius 2 is 1.88 bits per heavy atom. The van der Waals surface area contributed by atoms with E-state index >= 15 is 0 Å². The number of benzene rings is 2. The Balaban J connectivity index is 1.23. The minimum atomic E-state index is -0.236. The highest BCUT2D eigenvalue weighted by Crippen LogP contribution is 2.17. The van der Waals surface area contributed by atoms with E-state index in [2.05, 4.69) is 39.6 Å². The van der Waals surface area contributed by atoms with Gasteiger partial charge in [-0.25, -0.2) is 0 Å². The number of nitrogens with zero attached hydrogens (tertiary/aromatic N) is 2. The first-order valence-corrected chi connectivity index (χ1v) is 10.8. The van der Waals surface area contributed by atoms with Crippen molar-refractivity contribution >= 4 is 11.7 Å². The van der Waals surface area contributed by atoms with Gasteiger partial charge >= 0.3 is 0 Å². The van der Waals surface area contributed by atoms with E-state index in [0.717, 1.165) is 32.5 Å². The second-order valence-corrected chi connectivity index (χ2v) is 8.06. The molecule has 166 valence electrons. The molecule has 7 nitrogen and oxygen atoms in total. The first-order chi connectivity index (χ1) is 15.6. The zero-order valence-corrected chi connectivity index (χ0v) is 18.1. The maximum Gasteiger partial charge on any atom is 0.273 e. The van der Waals surface area contributed by atoms with E-state index in [-0.39, 0.29) is 30.0 Å². The molecule has 0 bridgehead atoms. The maximum absolute atomic E-state index is 12.6. The van der Waals surface area contributed by atoms with Crippen LogP contribution >= 0.6 is 0 Å². The van der Waals surface area contributed by atoms with Crippen LogP contribution < -0.4 is 10.1 Å². The van der Waals surface area contributed by atoms with Crippen LogP contribution in [0.15, 0.2) is 65.2 Å². The Morgan fingerprint density at radius 1 is 1.09 bits per heavy atom. The molecule has 2 heterocycles. The predicted molar refractivity (Wildman–Crippen MR) is 119 cm³/mol. The lowest BCUT2D eigenvalue weighted by molar-refractivity contribution is 0.0899. The molecular weight excluding hydrogens is 406 g/mol. The number of amides is 1. The van der Waals surface area contributed by atoms with Crippen LogP contribution in [-0.4, -0.2) is 40.9 Å². The third-order valence-electron chi connectivity index (χ3n) is 5.59. The van der Waals surface area contributed by atoms with Crippen molar-refractivity contribution in [1.82, 2.24) is 15.4 Å². The zero-order valence-electron chi connectivity index (χ0n) is 18.1. The van der Waals surface area contributed by atoms with Crippen LogP contribution in [0.1, 0.15) is 51.9 Å². The van der Waals surface area contributed by atoms with E-state index in [0.29, 0.717) is 17.1 Å². The van der Waals surface area contributed by atoms with E-state index < -0.39 is 0 Å². The lowest BCUT2D eigenvalue weighted by atomic mass is 10.0. The highest BCUT2D eigenvalue weighted by Gasteiger charge is 2.22. The number of hydrogen-bond acceptors (Lipinski definition) is 6. The number of carbonyl (C=O) groups is 2. The molecule has 32 heavy (non-hydrogen) atoms. The van der Waals surface area contributed by atoms with Crippen molar-refractivity contribution in [3.8, 4) is 5.75 Å². The Bertz CT molecular complexity index is 1060. The van der Waals surface area contributed by atoms with Gasteiger partial charge in [-0.3, -0.25) is 14.5 Å². The summed E-state index contributed by atoms with van der Waals surface area (Å²) in [6, 6.07) is 19.1. The van der Waals surface area contributed by atoms with Gasteiger partial charge in [0.1, 0.15) is 12.4 Å². The molecule has 1 aliphatic heterocycles. The van der Waals surface area contributed by atoms with Crippen LogP contribution in [0.3, 0.4) is 0 Å². The van der Waals surface area contributed by atoms with Crippen molar-refractivity contribution in [2.24, 2.45) is 0 Å². The molecule has 0 saturated carbocycles. The third kappa shape index (κ3) is 5.82. The summed E-state index contributed by atoms with van der Waals surface area (Å²) < 4.78 is 10.9. The number of nitrogens with one attached hydrogen (secondary N) is 1. The van der Waals surface area contributed by atoms with Gasteiger partial charge in [-0.15, -0.1) is 0 Å². The summed E-state index contributed by atoms with van der Waals surface area (Å²) in [6.45, 7) is 4.45. The van der Waals surface area contributed by atoms with E-state index in [1.54, 1.807) is 30.3 Å². The number of likely N-dealkylation sites (tertiary alicyclic amines) is 1. The summed E-state index contributed by atoms with van der Waals surface area (Å²) >= 11 is 0. The van der Waals surface area contributed by atoms with Gasteiger partial charge in [0.2, 0.25) is 0 Å². The van der Waals surface area contributed by atoms with E-state index in [1.807, 2.05) is 6.07 Å². The molecule has 1 fully saturated rings. The average molecular weight is 434 g/mol. The van der Waals surface area contributed by atoms with Gasteiger partial charge in [0.05, 0.1) is 0 Å². The lowest BCUT2D eigenvalue weighted by Gasteiger charge is -2.32. The van der Waals surface area contributed by atoms with E-state index in [4.69, 9.17) is 9.26 Å². The Hall–Kier alpha value is -3.45. The van der Waals surface area contributed by atoms with Crippen molar-refractivity contribution in [2.45, 2.75) is 39.0 Å². The molecule has 0 radical (unpaired) electrons. The number of aromatic nitrogens is 1. The lowest BCUT2D eigenvalue weighted by Crippen LogP contribution is -2.44. The monoisotopic (exact) mass is 433 g/mol. The van der Waals surface area contributed by atoms with Crippen LogP contribution in [0.25, 0.3) is 0 Å². The molecule has 4 rings (SSSR count). The summed E-state index contributed by atoms with van der Waals surface area (Å²) in [5, 5.41) is 6.94. The normalized spacial score (nSPS) is 14.8. The Morgan fingerprint density at radius 3 is 2.62 bits per heavy atom. The fraction of sp³-hybridized carbons (Fsp3) is 0.320. The first kappa shape index (κ1) is 21.8. The van der Waals surface area contributed by atoms with E-state index in [9.17, 15) is 9.59 Å². The molecule has 0 atom stereocenters. The summed E-state index contributed by atoms with van der Waals surface area (Å²) in [6.07, 6.45) is 1.80. The molecule has 1 saturated heterocycles. The van der Waals surface area contributed by atoms with Gasteiger partial charge in [-0.2, -0.15) is 0 Å². The van der Waals surface area contributed by atoms with Gasteiger partial charge in [0, 0.05) is 37.3 Å². The summed E-state index contributed by atoms with van der Waals surface area (Å²) in [4.78, 5) is 26.5. The van der Waals surface area contributed by atoms with Crippen LogP contribution in [0, 0.1) is 0 Å². The van der Waals surface area contributed by atoms with Crippen molar-refractivity contribution < 1.29 is 18.8 Å². The SMILES string of the molecule is CC(=O)c1cccc(OCc2cc(C(=O)NC3CCN(Cc4ccccc4)CC3)no2)c1. The number of ether oxygens (including phenoxy) is 1. The Kier molecular flexibility index (Phi) is 6.97. The molecule has 1 aliphatic rings. The molecule has 1 aromatic heterocycles. The van der Waals surface area contributed by atoms with Crippen LogP contribution in [-0.2, 0) is 13.2 Å². The van der Waals surface area contributed by atoms with Crippen LogP contribution in [0.5, 0.6) is 5.75 Å². The minimum Gasteiger partial charge on any atom is -0.486 e. The van der Waals surface area contributed by atoms with Crippen molar-refractivity contribution in [3.63, 3.8) is 0 Å². The quantitative estimate of drug-likeness (QED) is 0.543. The molecule has 0 unspecified atom stereocenters. The Labute approximate surface area is 187 Å². The van der Waals surface area contributed by atoms with Crippen LogP contribution in [0.2, 0.25) is 0 Å². The maximum atomic E-state index is 12.6. The fourth-order valence-electron chi connectivity index (χ4n) is 3.78. The number of ketones is 1. The number of Topliss-reactive ketones (excluding diaryl/α,β-unsaturated/α-hetero) is 1. The largest absolute Gasteiger partial charge is 0.486 e. The molecule has 3 aromatic rings. The standard InChI is InChI=1S/C25H27N3O4/c1-18(29)20-8-5-9-22(14-20)31-17-23-15-24(27-32-23)25(30)26-21-10-12-28(13-11-21)16-19-6-3-2-4-7-19/h2-9,14-15,21H,10-13,16-17H2,1H3,(H,26,30). The smallest absolute Gasteiger partial charge is 0.273 e. The molecule has 7 heteroatoms. The zero-order chi connectivity index (χ0) is 22.3. The fourth-order valence-corrected chi connectivity index (χ4v) is 3.78. The van der Waals surface area contributed by atoms with Crippen molar-refractivity contribution in [3.05, 3.63) is 83.2 Å². The summed E-state index contributed by atoms with van der Waals surface area (Å²) in [5.41, 5.74) is 2.13. The molecule has 1 amide bonds. The molecule has 0 aliphatic carbocycles. The van der Waals surface area contributed by atoms with Crippen molar-refractivity contribution in [2.75, 3.05) is 13.1 Å². The van der Waals surface area contributed by atoms with Gasteiger partial charge in [0.15, 0.2) is 17.2 Å². The molecular formula is C25H27N3O4. The number of carbonyl (C=O) groups excluding carboxylic acids is 2. The number of piperidine rings is 1.